The van der Waals surface area contributed by atoms with Crippen molar-refractivity contribution in [1.82, 2.24) is 9.97 Å². The molecule has 2 aromatic heterocycles. The molecule has 5 heteroatoms. The third kappa shape index (κ3) is 3.08. The van der Waals surface area contributed by atoms with Gasteiger partial charge in [-0.25, -0.2) is 9.37 Å². The van der Waals surface area contributed by atoms with E-state index in [0.717, 1.165) is 11.1 Å². The van der Waals surface area contributed by atoms with Gasteiger partial charge in [0.1, 0.15) is 17.2 Å². The number of H-pyrrole nitrogens is 1. The van der Waals surface area contributed by atoms with Gasteiger partial charge in [-0.05, 0) is 53.9 Å². The highest BCUT2D eigenvalue weighted by molar-refractivity contribution is 6.18. The topological polar surface area (TPSA) is 55.0 Å². The smallest absolute Gasteiger partial charge is 0.195 e. The van der Waals surface area contributed by atoms with E-state index in [1.165, 1.54) is 12.1 Å². The van der Waals surface area contributed by atoms with Gasteiger partial charge >= 0.3 is 0 Å². The Morgan fingerprint density at radius 2 is 2.00 bits per heavy atom. The highest BCUT2D eigenvalue weighted by Crippen LogP contribution is 2.32. The largest absolute Gasteiger partial charge is 0.497 e. The summed E-state index contributed by atoms with van der Waals surface area (Å²) in [7, 11) is 1.56. The number of hydrogen-bond donors (Lipinski definition) is 1. The summed E-state index contributed by atoms with van der Waals surface area (Å²) in [5, 5.41) is 0.676. The number of ether oxygens (including phenoxy) is 1. The molecule has 0 fully saturated rings. The van der Waals surface area contributed by atoms with Crippen LogP contribution in [0.3, 0.4) is 0 Å². The monoisotopic (exact) mass is 360 g/mol. The van der Waals surface area contributed by atoms with Crippen LogP contribution in [-0.2, 0) is 0 Å². The van der Waals surface area contributed by atoms with E-state index in [0.29, 0.717) is 33.5 Å². The van der Waals surface area contributed by atoms with Gasteiger partial charge in [-0.15, -0.1) is 0 Å². The zero-order valence-electron chi connectivity index (χ0n) is 14.9. The molecule has 27 heavy (non-hydrogen) atoms. The molecule has 1 N–H and O–H groups in total. The lowest BCUT2D eigenvalue weighted by Crippen LogP contribution is -2.01. The van der Waals surface area contributed by atoms with E-state index in [-0.39, 0.29) is 11.6 Å². The van der Waals surface area contributed by atoms with Crippen LogP contribution >= 0.6 is 0 Å². The normalized spacial score (nSPS) is 10.9. The van der Waals surface area contributed by atoms with Crippen LogP contribution in [0.25, 0.3) is 22.2 Å². The summed E-state index contributed by atoms with van der Waals surface area (Å²) in [5.41, 5.74) is 3.87. The van der Waals surface area contributed by atoms with E-state index in [1.807, 2.05) is 13.0 Å². The molecule has 0 aliphatic carbocycles. The van der Waals surface area contributed by atoms with Crippen molar-refractivity contribution in [2.75, 3.05) is 7.11 Å². The molecule has 0 radical (unpaired) electrons. The van der Waals surface area contributed by atoms with E-state index in [4.69, 9.17) is 4.74 Å². The van der Waals surface area contributed by atoms with Gasteiger partial charge < -0.3 is 9.72 Å². The van der Waals surface area contributed by atoms with Crippen molar-refractivity contribution in [2.24, 2.45) is 0 Å². The van der Waals surface area contributed by atoms with Crippen LogP contribution in [0.4, 0.5) is 4.39 Å². The summed E-state index contributed by atoms with van der Waals surface area (Å²) in [6, 6.07) is 13.6. The second kappa shape index (κ2) is 6.68. The number of nitrogens with one attached hydrogen (secondary N) is 1. The third-order valence-electron chi connectivity index (χ3n) is 4.50. The Kier molecular flexibility index (Phi) is 4.20. The molecule has 4 rings (SSSR count). The standard InChI is InChI=1S/C22H17FN2O2/c1-13-8-15(10-16(23)9-13)18-6-7-24-22-20(18)19(12-25-22)21(26)14-4-3-5-17(11-14)27-2/h3-12H,1-2H3,(H,24,25). The van der Waals surface area contributed by atoms with Gasteiger partial charge in [0.2, 0.25) is 0 Å². The SMILES string of the molecule is COc1cccc(C(=O)c2c[nH]c3nccc(-c4cc(C)cc(F)c4)c23)c1. The number of aryl methyl sites for hydroxylation is 1. The molecule has 0 aliphatic heterocycles. The van der Waals surface area contributed by atoms with Crippen molar-refractivity contribution in [1.29, 1.82) is 0 Å². The molecule has 0 aliphatic rings. The van der Waals surface area contributed by atoms with Gasteiger partial charge in [0.05, 0.1) is 12.7 Å². The maximum absolute atomic E-state index is 13.9. The molecule has 2 heterocycles. The maximum Gasteiger partial charge on any atom is 0.195 e. The minimum Gasteiger partial charge on any atom is -0.497 e. The molecule has 0 unspecified atom stereocenters. The second-order valence-electron chi connectivity index (χ2n) is 6.36. The number of nitrogens with zero attached hydrogens (tertiary/aromatic N) is 1. The van der Waals surface area contributed by atoms with Crippen LogP contribution in [0.1, 0.15) is 21.5 Å². The average Bonchev–Trinajstić information content (AvgIpc) is 3.11. The number of halogens is 1. The minimum absolute atomic E-state index is 0.150. The third-order valence-corrected chi connectivity index (χ3v) is 4.50. The number of hydrogen-bond acceptors (Lipinski definition) is 3. The number of carbonyl (C=O) groups is 1. The van der Waals surface area contributed by atoms with Crippen LogP contribution in [0.15, 0.2) is 60.9 Å². The molecule has 0 atom stereocenters. The number of aromatic nitrogens is 2. The molecule has 0 spiro atoms. The van der Waals surface area contributed by atoms with Crippen LogP contribution in [0.2, 0.25) is 0 Å². The van der Waals surface area contributed by atoms with Crippen molar-refractivity contribution >= 4 is 16.8 Å². The summed E-state index contributed by atoms with van der Waals surface area (Å²) in [5.74, 6) is 0.147. The Morgan fingerprint density at radius 1 is 1.15 bits per heavy atom. The molecule has 0 bridgehead atoms. The maximum atomic E-state index is 13.9. The van der Waals surface area contributed by atoms with E-state index in [9.17, 15) is 9.18 Å². The van der Waals surface area contributed by atoms with Crippen LogP contribution < -0.4 is 4.74 Å². The molecular weight excluding hydrogens is 343 g/mol. The predicted molar refractivity (Wildman–Crippen MR) is 103 cm³/mol. The molecule has 4 nitrogen and oxygen atoms in total. The Labute approximate surface area is 155 Å². The molecule has 2 aromatic carbocycles. The van der Waals surface area contributed by atoms with Gasteiger partial charge in [-0.2, -0.15) is 0 Å². The first kappa shape index (κ1) is 17.0. The summed E-state index contributed by atoms with van der Waals surface area (Å²) < 4.78 is 19.2. The summed E-state index contributed by atoms with van der Waals surface area (Å²) in [6.07, 6.45) is 3.29. The zero-order chi connectivity index (χ0) is 19.0. The lowest BCUT2D eigenvalue weighted by Gasteiger charge is -2.08. The van der Waals surface area contributed by atoms with E-state index < -0.39 is 0 Å². The van der Waals surface area contributed by atoms with Gasteiger partial charge in [-0.1, -0.05) is 18.2 Å². The number of fused-ring (bicyclic) bond motifs is 1. The predicted octanol–water partition coefficient (Wildman–Crippen LogP) is 4.92. The Hall–Kier alpha value is -3.47. The number of methoxy groups -OCH3 is 1. The lowest BCUT2D eigenvalue weighted by molar-refractivity contribution is 0.104. The van der Waals surface area contributed by atoms with Gasteiger partial charge in [0, 0.05) is 23.3 Å². The van der Waals surface area contributed by atoms with E-state index >= 15 is 0 Å². The van der Waals surface area contributed by atoms with Crippen molar-refractivity contribution < 1.29 is 13.9 Å². The fourth-order valence-electron chi connectivity index (χ4n) is 3.29. The first-order valence-corrected chi connectivity index (χ1v) is 8.49. The molecular formula is C22H17FN2O2. The number of benzene rings is 2. The quantitative estimate of drug-likeness (QED) is 0.526. The van der Waals surface area contributed by atoms with E-state index in [1.54, 1.807) is 49.8 Å². The molecule has 0 saturated carbocycles. The molecule has 4 aromatic rings. The van der Waals surface area contributed by atoms with Crippen molar-refractivity contribution in [2.45, 2.75) is 6.92 Å². The Morgan fingerprint density at radius 3 is 2.78 bits per heavy atom. The minimum atomic E-state index is -0.314. The second-order valence-corrected chi connectivity index (χ2v) is 6.36. The Balaban J connectivity index is 1.91. The van der Waals surface area contributed by atoms with Crippen molar-refractivity contribution in [3.63, 3.8) is 0 Å². The van der Waals surface area contributed by atoms with Gasteiger partial charge in [0.15, 0.2) is 5.78 Å². The summed E-state index contributed by atoms with van der Waals surface area (Å²) in [4.78, 5) is 20.5. The van der Waals surface area contributed by atoms with Crippen LogP contribution in [-0.4, -0.2) is 22.9 Å². The van der Waals surface area contributed by atoms with Crippen molar-refractivity contribution in [3.05, 3.63) is 83.4 Å². The fourth-order valence-corrected chi connectivity index (χ4v) is 3.29. The molecule has 0 saturated heterocycles. The number of aromatic amines is 1. The number of ketones is 1. The van der Waals surface area contributed by atoms with Gasteiger partial charge in [0.25, 0.3) is 0 Å². The fraction of sp³-hybridized carbons (Fsp3) is 0.0909. The van der Waals surface area contributed by atoms with Crippen LogP contribution in [0, 0.1) is 12.7 Å². The number of pyridine rings is 1. The summed E-state index contributed by atoms with van der Waals surface area (Å²) >= 11 is 0. The first-order valence-electron chi connectivity index (χ1n) is 8.49. The first-order chi connectivity index (χ1) is 13.1. The average molecular weight is 360 g/mol. The number of rotatable bonds is 4. The lowest BCUT2D eigenvalue weighted by atomic mass is 9.96. The summed E-state index contributed by atoms with van der Waals surface area (Å²) in [6.45, 7) is 1.84. The molecule has 0 amide bonds. The Bertz CT molecular complexity index is 1140. The highest BCUT2D eigenvalue weighted by Gasteiger charge is 2.19. The highest BCUT2D eigenvalue weighted by atomic mass is 19.1. The van der Waals surface area contributed by atoms with E-state index in [2.05, 4.69) is 9.97 Å². The number of carbonyl (C=O) groups excluding carboxylic acids is 1. The zero-order valence-corrected chi connectivity index (χ0v) is 14.9. The molecule has 134 valence electrons. The van der Waals surface area contributed by atoms with Gasteiger partial charge in [-0.3, -0.25) is 4.79 Å². The van der Waals surface area contributed by atoms with Crippen molar-refractivity contribution in [3.8, 4) is 16.9 Å². The van der Waals surface area contributed by atoms with Crippen LogP contribution in [0.5, 0.6) is 5.75 Å².